The van der Waals surface area contributed by atoms with Crippen molar-refractivity contribution in [3.05, 3.63) is 57.6 Å². The van der Waals surface area contributed by atoms with E-state index in [1.807, 2.05) is 4.90 Å². The Morgan fingerprint density at radius 3 is 2.91 bits per heavy atom. The lowest BCUT2D eigenvalue weighted by Gasteiger charge is -2.29. The van der Waals surface area contributed by atoms with Gasteiger partial charge in [0.1, 0.15) is 30.7 Å². The van der Waals surface area contributed by atoms with Crippen LogP contribution in [0.4, 0.5) is 21.6 Å². The number of nitro benzene ring substituents is 1. The number of fused-ring (bicyclic) bond motifs is 1. The third-order valence-electron chi connectivity index (χ3n) is 4.96. The van der Waals surface area contributed by atoms with Crippen LogP contribution in [0.25, 0.3) is 10.9 Å². The van der Waals surface area contributed by atoms with Gasteiger partial charge in [-0.1, -0.05) is 11.6 Å². The van der Waals surface area contributed by atoms with Gasteiger partial charge in [-0.3, -0.25) is 19.8 Å². The van der Waals surface area contributed by atoms with Crippen molar-refractivity contribution >= 4 is 45.7 Å². The summed E-state index contributed by atoms with van der Waals surface area (Å²) in [6, 6.07) is 6.83. The van der Waals surface area contributed by atoms with Crippen molar-refractivity contribution in [2.75, 3.05) is 31.6 Å². The number of morpholine rings is 1. The molecule has 0 unspecified atom stereocenters. The molecule has 0 bridgehead atoms. The molecule has 0 radical (unpaired) electrons. The van der Waals surface area contributed by atoms with Crippen LogP contribution in [0.2, 0.25) is 5.02 Å². The molecular weight excluding hydrogens is 457 g/mol. The molecule has 0 aliphatic carbocycles. The van der Waals surface area contributed by atoms with Crippen LogP contribution in [0.5, 0.6) is 5.75 Å². The summed E-state index contributed by atoms with van der Waals surface area (Å²) in [6.45, 7) is 3.03. The van der Waals surface area contributed by atoms with Crippen molar-refractivity contribution < 1.29 is 23.6 Å². The Morgan fingerprint density at radius 1 is 1.36 bits per heavy atom. The minimum absolute atomic E-state index is 0.0506. The number of nitrogens with one attached hydrogen (secondary N) is 1. The molecule has 3 aromatic rings. The van der Waals surface area contributed by atoms with Crippen LogP contribution in [0.1, 0.15) is 6.92 Å². The Balaban J connectivity index is 1.56. The number of hydrogen-bond acceptors (Lipinski definition) is 9. The van der Waals surface area contributed by atoms with Gasteiger partial charge in [0.15, 0.2) is 5.75 Å². The number of ether oxygens (including phenoxy) is 2. The Morgan fingerprint density at radius 2 is 2.18 bits per heavy atom. The average molecular weight is 476 g/mol. The number of halogens is 2. The highest BCUT2D eigenvalue weighted by Gasteiger charge is 2.24. The lowest BCUT2D eigenvalue weighted by molar-refractivity contribution is -0.385. The van der Waals surface area contributed by atoms with Gasteiger partial charge in [0.2, 0.25) is 0 Å². The lowest BCUT2D eigenvalue weighted by atomic mass is 10.2. The minimum Gasteiger partial charge on any atom is -0.485 e. The zero-order valence-electron chi connectivity index (χ0n) is 17.5. The van der Waals surface area contributed by atoms with Gasteiger partial charge in [0.25, 0.3) is 0 Å². The topological polar surface area (TPSA) is 120 Å². The van der Waals surface area contributed by atoms with Crippen molar-refractivity contribution in [3.8, 4) is 5.75 Å². The fourth-order valence-corrected chi connectivity index (χ4v) is 3.69. The second-order valence-corrected chi connectivity index (χ2v) is 7.86. The molecule has 172 valence electrons. The summed E-state index contributed by atoms with van der Waals surface area (Å²) in [4.78, 5) is 32.9. The first kappa shape index (κ1) is 22.6. The van der Waals surface area contributed by atoms with Crippen LogP contribution in [0.3, 0.4) is 0 Å². The number of carbonyl (C=O) groups is 1. The molecule has 2 aromatic carbocycles. The molecule has 1 atom stereocenters. The number of nitrogens with zero attached hydrogens (tertiary/aromatic N) is 4. The third kappa shape index (κ3) is 5.26. The maximum absolute atomic E-state index is 13.4. The quantitative estimate of drug-likeness (QED) is 0.310. The molecule has 1 aliphatic rings. The summed E-state index contributed by atoms with van der Waals surface area (Å²) in [5.41, 5.74) is 0.610. The highest BCUT2D eigenvalue weighted by Crippen LogP contribution is 2.35. The van der Waals surface area contributed by atoms with E-state index in [0.29, 0.717) is 29.7 Å². The molecule has 0 amide bonds. The average Bonchev–Trinajstić information content (AvgIpc) is 2.75. The fourth-order valence-electron chi connectivity index (χ4n) is 3.51. The van der Waals surface area contributed by atoms with Gasteiger partial charge < -0.3 is 14.8 Å². The Bertz CT molecular complexity index is 1230. The Hall–Kier alpha value is -3.57. The molecule has 1 aliphatic heterocycles. The van der Waals surface area contributed by atoms with Crippen LogP contribution < -0.4 is 10.1 Å². The normalized spacial score (nSPS) is 16.5. The van der Waals surface area contributed by atoms with Crippen LogP contribution in [-0.4, -0.2) is 58.1 Å². The second kappa shape index (κ2) is 9.51. The van der Waals surface area contributed by atoms with Crippen molar-refractivity contribution in [1.29, 1.82) is 0 Å². The van der Waals surface area contributed by atoms with Crippen LogP contribution >= 0.6 is 11.6 Å². The van der Waals surface area contributed by atoms with Gasteiger partial charge in [-0.05, 0) is 25.1 Å². The highest BCUT2D eigenvalue weighted by molar-refractivity contribution is 6.31. The zero-order chi connectivity index (χ0) is 23.5. The first-order valence-electron chi connectivity index (χ1n) is 10.00. The monoisotopic (exact) mass is 475 g/mol. The number of benzene rings is 2. The van der Waals surface area contributed by atoms with Gasteiger partial charge in [-0.2, -0.15) is 0 Å². The summed E-state index contributed by atoms with van der Waals surface area (Å²) < 4.78 is 24.2. The standard InChI is InChI=1S/C21H19ClFN5O5/c1-12-9-27(10-20(29)33-12)4-5-32-19-8-17-14(7-18(19)28(30)31)21(25-11-24-17)26-13-2-3-16(23)15(22)6-13/h2-3,6-8,11-12H,4-5,9-10H2,1H3,(H,24,25,26)/t12-/m1/s1. The smallest absolute Gasteiger partial charge is 0.320 e. The number of hydrogen-bond donors (Lipinski definition) is 1. The van der Waals surface area contributed by atoms with Crippen molar-refractivity contribution in [3.63, 3.8) is 0 Å². The first-order chi connectivity index (χ1) is 15.8. The van der Waals surface area contributed by atoms with E-state index in [0.717, 1.165) is 0 Å². The van der Waals surface area contributed by atoms with Crippen molar-refractivity contribution in [2.24, 2.45) is 0 Å². The summed E-state index contributed by atoms with van der Waals surface area (Å²) in [7, 11) is 0. The Kier molecular flexibility index (Phi) is 6.52. The SMILES string of the molecule is C[C@@H]1CN(CCOc2cc3ncnc(Nc4ccc(F)c(Cl)c4)c3cc2[N+](=O)[O-])CC(=O)O1. The number of rotatable bonds is 7. The molecule has 1 fully saturated rings. The number of cyclic esters (lactones) is 1. The van der Waals surface area contributed by atoms with Crippen molar-refractivity contribution in [1.82, 2.24) is 14.9 Å². The predicted octanol–water partition coefficient (Wildman–Crippen LogP) is 3.70. The maximum atomic E-state index is 13.4. The van der Waals surface area contributed by atoms with E-state index in [1.165, 1.54) is 36.7 Å². The second-order valence-electron chi connectivity index (χ2n) is 7.45. The molecule has 12 heteroatoms. The number of nitro groups is 1. The minimum atomic E-state index is -0.567. The molecule has 33 heavy (non-hydrogen) atoms. The largest absolute Gasteiger partial charge is 0.485 e. The van der Waals surface area contributed by atoms with Crippen LogP contribution in [-0.2, 0) is 9.53 Å². The van der Waals surface area contributed by atoms with E-state index in [4.69, 9.17) is 21.1 Å². The lowest BCUT2D eigenvalue weighted by Crippen LogP contribution is -2.45. The molecule has 10 nitrogen and oxygen atoms in total. The van der Waals surface area contributed by atoms with Gasteiger partial charge in [0.05, 0.1) is 27.4 Å². The van der Waals surface area contributed by atoms with Crippen LogP contribution in [0, 0.1) is 15.9 Å². The molecule has 1 aromatic heterocycles. The summed E-state index contributed by atoms with van der Waals surface area (Å²) in [5, 5.41) is 15.0. The molecule has 1 saturated heterocycles. The molecular formula is C21H19ClFN5O5. The molecule has 1 N–H and O–H groups in total. The molecule has 4 rings (SSSR count). The first-order valence-corrected chi connectivity index (χ1v) is 10.4. The van der Waals surface area contributed by atoms with E-state index in [1.54, 1.807) is 6.92 Å². The summed E-state index contributed by atoms with van der Waals surface area (Å²) in [6.07, 6.45) is 1.08. The molecule has 0 spiro atoms. The van der Waals surface area contributed by atoms with E-state index >= 15 is 0 Å². The summed E-state index contributed by atoms with van der Waals surface area (Å²) in [5.74, 6) is -0.541. The Labute approximate surface area is 192 Å². The van der Waals surface area contributed by atoms with E-state index < -0.39 is 10.7 Å². The van der Waals surface area contributed by atoms with Gasteiger partial charge in [-0.25, -0.2) is 14.4 Å². The molecule has 2 heterocycles. The number of aromatic nitrogens is 2. The van der Waals surface area contributed by atoms with E-state index in [9.17, 15) is 19.3 Å². The zero-order valence-corrected chi connectivity index (χ0v) is 18.2. The fraction of sp³-hybridized carbons (Fsp3) is 0.286. The number of esters is 1. The van der Waals surface area contributed by atoms with Gasteiger partial charge in [-0.15, -0.1) is 0 Å². The van der Waals surface area contributed by atoms with E-state index in [-0.39, 0.29) is 47.5 Å². The van der Waals surface area contributed by atoms with E-state index in [2.05, 4.69) is 15.3 Å². The van der Waals surface area contributed by atoms with Crippen LogP contribution in [0.15, 0.2) is 36.7 Å². The third-order valence-corrected chi connectivity index (χ3v) is 5.25. The van der Waals surface area contributed by atoms with Gasteiger partial charge in [0, 0.05) is 30.9 Å². The maximum Gasteiger partial charge on any atom is 0.320 e. The van der Waals surface area contributed by atoms with Crippen molar-refractivity contribution in [2.45, 2.75) is 13.0 Å². The molecule has 0 saturated carbocycles. The summed E-state index contributed by atoms with van der Waals surface area (Å²) >= 11 is 5.82. The highest BCUT2D eigenvalue weighted by atomic mass is 35.5. The van der Waals surface area contributed by atoms with Gasteiger partial charge >= 0.3 is 11.7 Å². The number of carbonyl (C=O) groups excluding carboxylic acids is 1. The number of anilines is 2. The predicted molar refractivity (Wildman–Crippen MR) is 118 cm³/mol.